The molecule has 3 heteroatoms. The molecule has 10 aromatic carbocycles. The molecule has 12 rings (SSSR count). The van der Waals surface area contributed by atoms with Gasteiger partial charge in [0.05, 0.1) is 17.1 Å². The molecule has 0 atom stereocenters. The van der Waals surface area contributed by atoms with Crippen LogP contribution in [0.25, 0.3) is 55.3 Å². The second-order valence-corrected chi connectivity index (χ2v) is 17.3. The van der Waals surface area contributed by atoms with E-state index in [1.165, 1.54) is 44.5 Å². The van der Waals surface area contributed by atoms with Gasteiger partial charge in [0.1, 0.15) is 11.5 Å². The van der Waals surface area contributed by atoms with Gasteiger partial charge in [-0.2, -0.15) is 0 Å². The summed E-state index contributed by atoms with van der Waals surface area (Å²) in [5.74, 6) is 1.69. The van der Waals surface area contributed by atoms with Gasteiger partial charge in [0, 0.05) is 44.4 Å². The first-order valence-corrected chi connectivity index (χ1v) is 22.1. The van der Waals surface area contributed by atoms with Gasteiger partial charge >= 0.3 is 0 Å². The molecule has 64 heavy (non-hydrogen) atoms. The molecule has 1 aliphatic carbocycles. The third-order valence-corrected chi connectivity index (χ3v) is 13.3. The normalized spacial score (nSPS) is 12.8. The van der Waals surface area contributed by atoms with Crippen LogP contribution in [0.1, 0.15) is 25.0 Å². The van der Waals surface area contributed by atoms with Crippen molar-refractivity contribution in [1.82, 2.24) is 0 Å². The summed E-state index contributed by atoms with van der Waals surface area (Å²) < 4.78 is 6.96. The van der Waals surface area contributed by atoms with Crippen LogP contribution in [0.15, 0.2) is 231 Å². The number of nitrogens with zero attached hydrogens (tertiary/aromatic N) is 2. The van der Waals surface area contributed by atoms with E-state index in [4.69, 9.17) is 4.74 Å². The van der Waals surface area contributed by atoms with Gasteiger partial charge in [-0.05, 0) is 111 Å². The second kappa shape index (κ2) is 15.0. The molecule has 0 bridgehead atoms. The molecule has 0 N–H and O–H groups in total. The fraction of sp³-hybridized carbons (Fsp3) is 0.0492. The van der Waals surface area contributed by atoms with E-state index in [2.05, 4.69) is 254 Å². The molecule has 1 aliphatic heterocycles. The third-order valence-electron chi connectivity index (χ3n) is 13.3. The molecule has 304 valence electrons. The predicted octanol–water partition coefficient (Wildman–Crippen LogP) is 17.2. The van der Waals surface area contributed by atoms with Crippen LogP contribution >= 0.6 is 0 Å². The Morgan fingerprint density at radius 2 is 0.828 bits per heavy atom. The van der Waals surface area contributed by atoms with Crippen LogP contribution in [0.3, 0.4) is 0 Å². The summed E-state index contributed by atoms with van der Waals surface area (Å²) >= 11 is 0. The minimum Gasteiger partial charge on any atom is -0.456 e. The van der Waals surface area contributed by atoms with Crippen molar-refractivity contribution in [2.75, 3.05) is 9.80 Å². The van der Waals surface area contributed by atoms with Gasteiger partial charge in [-0.1, -0.05) is 178 Å². The van der Waals surface area contributed by atoms with Crippen molar-refractivity contribution >= 4 is 44.9 Å². The van der Waals surface area contributed by atoms with Crippen molar-refractivity contribution in [1.29, 1.82) is 0 Å². The van der Waals surface area contributed by atoms with Crippen molar-refractivity contribution in [2.24, 2.45) is 0 Å². The van der Waals surface area contributed by atoms with Gasteiger partial charge in [-0.15, -0.1) is 0 Å². The van der Waals surface area contributed by atoms with E-state index in [9.17, 15) is 0 Å². The molecule has 0 amide bonds. The zero-order valence-electron chi connectivity index (χ0n) is 35.7. The van der Waals surface area contributed by atoms with E-state index in [1.54, 1.807) is 0 Å². The largest absolute Gasteiger partial charge is 0.456 e. The van der Waals surface area contributed by atoms with Crippen molar-refractivity contribution in [3.8, 4) is 56.0 Å². The molecular weight excluding hydrogens is 777 g/mol. The fourth-order valence-electron chi connectivity index (χ4n) is 10.2. The van der Waals surface area contributed by atoms with Crippen LogP contribution in [-0.4, -0.2) is 0 Å². The summed E-state index contributed by atoms with van der Waals surface area (Å²) in [6, 6.07) is 83.1. The highest BCUT2D eigenvalue weighted by atomic mass is 16.5. The Morgan fingerprint density at radius 3 is 1.50 bits per heavy atom. The number of hydrogen-bond acceptors (Lipinski definition) is 3. The smallest absolute Gasteiger partial charge is 0.137 e. The van der Waals surface area contributed by atoms with E-state index < -0.39 is 0 Å². The Balaban J connectivity index is 1.05. The van der Waals surface area contributed by atoms with Gasteiger partial charge in [0.2, 0.25) is 0 Å². The maximum Gasteiger partial charge on any atom is 0.137 e. The topological polar surface area (TPSA) is 15.7 Å². The average Bonchev–Trinajstić information content (AvgIpc) is 3.59. The fourth-order valence-corrected chi connectivity index (χ4v) is 10.2. The molecule has 1 heterocycles. The molecule has 0 unspecified atom stereocenters. The van der Waals surface area contributed by atoms with Crippen LogP contribution in [-0.2, 0) is 5.41 Å². The Hall–Kier alpha value is -8.14. The summed E-state index contributed by atoms with van der Waals surface area (Å²) in [5, 5.41) is 2.21. The molecule has 10 aromatic rings. The standard InChI is InChI=1S/C61H44N2O/c1-61(2)51-26-13-12-23-48(51)59-52(61)27-15-28-54(59)63(47-37-35-44(36-38-47)43-33-31-42(32-34-43)41-17-6-3-7-18-41)53-39-40-57-58-49(53)24-14-25-50(58)60-55(29-16-30-56(60)64-57)62(45-19-8-4-9-20-45)46-21-10-5-11-22-46/h3-40H,1-2H3. The second-order valence-electron chi connectivity index (χ2n) is 17.3. The molecule has 0 saturated heterocycles. The first-order valence-electron chi connectivity index (χ1n) is 22.1. The van der Waals surface area contributed by atoms with Crippen LogP contribution in [0.2, 0.25) is 0 Å². The summed E-state index contributed by atoms with van der Waals surface area (Å²) in [4.78, 5) is 4.81. The predicted molar refractivity (Wildman–Crippen MR) is 267 cm³/mol. The lowest BCUT2D eigenvalue weighted by atomic mass is 9.82. The minimum atomic E-state index is -0.152. The lowest BCUT2D eigenvalue weighted by Crippen LogP contribution is -2.16. The molecule has 2 aliphatic rings. The van der Waals surface area contributed by atoms with Crippen molar-refractivity contribution in [3.05, 3.63) is 242 Å². The molecule has 0 radical (unpaired) electrons. The van der Waals surface area contributed by atoms with Gasteiger partial charge in [0.15, 0.2) is 0 Å². The highest BCUT2D eigenvalue weighted by Gasteiger charge is 2.38. The van der Waals surface area contributed by atoms with Crippen LogP contribution in [0.5, 0.6) is 11.5 Å². The molecule has 0 spiro atoms. The molecule has 0 aromatic heterocycles. The van der Waals surface area contributed by atoms with E-state index in [-0.39, 0.29) is 5.41 Å². The highest BCUT2D eigenvalue weighted by Crippen LogP contribution is 2.57. The lowest BCUT2D eigenvalue weighted by Gasteiger charge is -2.33. The first kappa shape index (κ1) is 37.6. The highest BCUT2D eigenvalue weighted by molar-refractivity contribution is 6.13. The molecule has 0 saturated carbocycles. The summed E-state index contributed by atoms with van der Waals surface area (Å²) in [6.45, 7) is 4.71. The maximum atomic E-state index is 6.96. The molecule has 3 nitrogen and oxygen atoms in total. The van der Waals surface area contributed by atoms with E-state index in [0.717, 1.165) is 67.5 Å². The number of fused-ring (bicyclic) bond motifs is 5. The van der Waals surface area contributed by atoms with E-state index >= 15 is 0 Å². The minimum absolute atomic E-state index is 0.152. The molecular formula is C61H44N2O. The number of hydrogen-bond donors (Lipinski definition) is 0. The zero-order valence-corrected chi connectivity index (χ0v) is 35.7. The lowest BCUT2D eigenvalue weighted by molar-refractivity contribution is 0.487. The Morgan fingerprint density at radius 1 is 0.328 bits per heavy atom. The summed E-state index contributed by atoms with van der Waals surface area (Å²) in [6.07, 6.45) is 0. The number of anilines is 6. The monoisotopic (exact) mass is 820 g/mol. The van der Waals surface area contributed by atoms with Crippen LogP contribution < -0.4 is 14.5 Å². The number of para-hydroxylation sites is 2. The summed E-state index contributed by atoms with van der Waals surface area (Å²) in [7, 11) is 0. The Kier molecular flexibility index (Phi) is 8.84. The number of ether oxygens (including phenoxy) is 1. The van der Waals surface area contributed by atoms with Gasteiger partial charge < -0.3 is 14.5 Å². The van der Waals surface area contributed by atoms with E-state index in [1.807, 2.05) is 0 Å². The number of rotatable bonds is 8. The van der Waals surface area contributed by atoms with Crippen LogP contribution in [0, 0.1) is 0 Å². The zero-order chi connectivity index (χ0) is 42.8. The average molecular weight is 821 g/mol. The van der Waals surface area contributed by atoms with Gasteiger partial charge in [0.25, 0.3) is 0 Å². The maximum absolute atomic E-state index is 6.96. The Labute approximate surface area is 374 Å². The first-order chi connectivity index (χ1) is 31.5. The summed E-state index contributed by atoms with van der Waals surface area (Å²) in [5.41, 5.74) is 18.6. The van der Waals surface area contributed by atoms with Crippen LogP contribution in [0.4, 0.5) is 34.1 Å². The molecule has 0 fully saturated rings. The van der Waals surface area contributed by atoms with Crippen molar-refractivity contribution in [3.63, 3.8) is 0 Å². The third kappa shape index (κ3) is 6.04. The SMILES string of the molecule is CC1(C)c2ccccc2-c2c(N(c3ccc(-c4ccc(-c5ccccc5)cc4)cc3)c3ccc4c5c(cccc35)-c3c(cccc3N(c3ccccc3)c3ccccc3)O4)cccc21. The van der Waals surface area contributed by atoms with Gasteiger partial charge in [-0.3, -0.25) is 0 Å². The van der Waals surface area contributed by atoms with Gasteiger partial charge in [-0.25, -0.2) is 0 Å². The van der Waals surface area contributed by atoms with Crippen molar-refractivity contribution in [2.45, 2.75) is 19.3 Å². The van der Waals surface area contributed by atoms with Crippen molar-refractivity contribution < 1.29 is 4.74 Å². The quantitative estimate of drug-likeness (QED) is 0.152. The van der Waals surface area contributed by atoms with E-state index in [0.29, 0.717) is 0 Å². The number of benzene rings is 10. The Bertz CT molecular complexity index is 3320.